The van der Waals surface area contributed by atoms with Crippen LogP contribution in [0.2, 0.25) is 0 Å². The van der Waals surface area contributed by atoms with Crippen molar-refractivity contribution in [2.45, 2.75) is 65.1 Å². The molecule has 148 valence electrons. The van der Waals surface area contributed by atoms with Crippen LogP contribution in [0.15, 0.2) is 40.9 Å². The van der Waals surface area contributed by atoms with Gasteiger partial charge < -0.3 is 9.47 Å². The monoisotopic (exact) mass is 432 g/mol. The molecule has 0 aromatic heterocycles. The molecule has 2 nitrogen and oxygen atoms in total. The van der Waals surface area contributed by atoms with Crippen LogP contribution in [0.5, 0.6) is 5.75 Å². The predicted molar refractivity (Wildman–Crippen MR) is 117 cm³/mol. The molecule has 0 spiro atoms. The van der Waals surface area contributed by atoms with Gasteiger partial charge in [-0.15, -0.1) is 0 Å². The maximum Gasteiger partial charge on any atom is 0.119 e. The Morgan fingerprint density at radius 3 is 2.70 bits per heavy atom. The van der Waals surface area contributed by atoms with Crippen LogP contribution in [-0.4, -0.2) is 18.8 Å². The molecule has 1 aromatic carbocycles. The summed E-state index contributed by atoms with van der Waals surface area (Å²) in [4.78, 5) is 0. The largest absolute Gasteiger partial charge is 0.497 e. The van der Waals surface area contributed by atoms with E-state index < -0.39 is 0 Å². The maximum atomic E-state index is 6.53. The molecule has 1 aromatic rings. The van der Waals surface area contributed by atoms with Gasteiger partial charge in [-0.2, -0.15) is 0 Å². The SMILES string of the molecule is COc1ccc(Br)c(/C=C\[C@H]2C=CC[C@]3(C)[C@H](OC(C)(C)C)CCC[C@@H]23)c1. The van der Waals surface area contributed by atoms with Gasteiger partial charge in [-0.05, 0) is 75.6 Å². The molecule has 0 N–H and O–H groups in total. The molecule has 3 heteroatoms. The number of fused-ring (bicyclic) bond motifs is 1. The van der Waals surface area contributed by atoms with Gasteiger partial charge in [-0.1, -0.05) is 53.6 Å². The number of methoxy groups -OCH3 is 1. The molecule has 1 fully saturated rings. The standard InChI is InChI=1S/C24H33BrO2/c1-23(2,3)27-22-10-6-9-20-17(8-7-15-24(20,22)4)11-12-18-16-19(26-5)13-14-21(18)25/h7-8,11-14,16-17,20,22H,6,9-10,15H2,1-5H3/b12-11-/t17-,20+,22-,24+/m1/s1. The van der Waals surface area contributed by atoms with Crippen molar-refractivity contribution in [2.24, 2.45) is 17.3 Å². The van der Waals surface area contributed by atoms with Crippen molar-refractivity contribution in [3.05, 3.63) is 46.5 Å². The molecule has 27 heavy (non-hydrogen) atoms. The highest BCUT2D eigenvalue weighted by molar-refractivity contribution is 9.10. The van der Waals surface area contributed by atoms with Gasteiger partial charge in [0, 0.05) is 9.89 Å². The Hall–Kier alpha value is -1.06. The van der Waals surface area contributed by atoms with Crippen LogP contribution in [0.3, 0.4) is 0 Å². The highest BCUT2D eigenvalue weighted by Gasteiger charge is 2.48. The summed E-state index contributed by atoms with van der Waals surface area (Å²) >= 11 is 3.66. The van der Waals surface area contributed by atoms with E-state index in [-0.39, 0.29) is 11.0 Å². The van der Waals surface area contributed by atoms with Crippen LogP contribution in [0, 0.1) is 17.3 Å². The Labute approximate surface area is 173 Å². The minimum Gasteiger partial charge on any atom is -0.497 e. The summed E-state index contributed by atoms with van der Waals surface area (Å²) in [5.74, 6) is 1.97. The van der Waals surface area contributed by atoms with Gasteiger partial charge in [-0.25, -0.2) is 0 Å². The summed E-state index contributed by atoms with van der Waals surface area (Å²) in [5.41, 5.74) is 1.28. The van der Waals surface area contributed by atoms with Gasteiger partial charge in [0.2, 0.25) is 0 Å². The molecule has 0 amide bonds. The number of benzene rings is 1. The van der Waals surface area contributed by atoms with E-state index in [1.165, 1.54) is 19.3 Å². The average Bonchev–Trinajstić information content (AvgIpc) is 2.60. The second-order valence-electron chi connectivity index (χ2n) is 9.22. The second-order valence-corrected chi connectivity index (χ2v) is 10.1. The number of halogens is 1. The van der Waals surface area contributed by atoms with Crippen LogP contribution in [0.1, 0.15) is 58.9 Å². The fraction of sp³-hybridized carbons (Fsp3) is 0.583. The third-order valence-electron chi connectivity index (χ3n) is 6.14. The minimum atomic E-state index is -0.0898. The van der Waals surface area contributed by atoms with Crippen molar-refractivity contribution in [1.82, 2.24) is 0 Å². The molecule has 2 aliphatic carbocycles. The first-order chi connectivity index (χ1) is 12.7. The van der Waals surface area contributed by atoms with Gasteiger partial charge in [-0.3, -0.25) is 0 Å². The molecule has 0 aliphatic heterocycles. The molecule has 2 aliphatic rings. The number of hydrogen-bond acceptors (Lipinski definition) is 2. The van der Waals surface area contributed by atoms with E-state index in [1.807, 2.05) is 12.1 Å². The molecule has 0 bridgehead atoms. The van der Waals surface area contributed by atoms with E-state index in [0.717, 1.165) is 22.2 Å². The summed E-state index contributed by atoms with van der Waals surface area (Å²) in [5, 5.41) is 0. The number of allylic oxidation sites excluding steroid dienone is 3. The lowest BCUT2D eigenvalue weighted by Crippen LogP contribution is -2.49. The van der Waals surface area contributed by atoms with E-state index >= 15 is 0 Å². The summed E-state index contributed by atoms with van der Waals surface area (Å²) in [7, 11) is 1.71. The first-order valence-electron chi connectivity index (χ1n) is 10.1. The van der Waals surface area contributed by atoms with Gasteiger partial charge in [0.05, 0.1) is 18.8 Å². The molecular weight excluding hydrogens is 400 g/mol. The molecule has 0 radical (unpaired) electrons. The van der Waals surface area contributed by atoms with Crippen LogP contribution in [0.4, 0.5) is 0 Å². The van der Waals surface area contributed by atoms with Gasteiger partial charge in [0.25, 0.3) is 0 Å². The second kappa shape index (κ2) is 8.13. The topological polar surface area (TPSA) is 18.5 Å². The zero-order valence-electron chi connectivity index (χ0n) is 17.3. The Kier molecular flexibility index (Phi) is 6.22. The van der Waals surface area contributed by atoms with Crippen LogP contribution < -0.4 is 4.74 Å². The lowest BCUT2D eigenvalue weighted by Gasteiger charge is -2.52. The fourth-order valence-corrected chi connectivity index (χ4v) is 5.14. The van der Waals surface area contributed by atoms with Gasteiger partial charge in [0.15, 0.2) is 0 Å². The first-order valence-corrected chi connectivity index (χ1v) is 10.9. The summed E-state index contributed by atoms with van der Waals surface area (Å²) < 4.78 is 13.0. The molecule has 0 unspecified atom stereocenters. The lowest BCUT2D eigenvalue weighted by molar-refractivity contribution is -0.153. The number of rotatable bonds is 4. The molecule has 3 rings (SSSR count). The zero-order valence-corrected chi connectivity index (χ0v) is 18.9. The van der Waals surface area contributed by atoms with Crippen molar-refractivity contribution < 1.29 is 9.47 Å². The fourth-order valence-electron chi connectivity index (χ4n) is 4.76. The minimum absolute atomic E-state index is 0.0898. The van der Waals surface area contributed by atoms with E-state index in [1.54, 1.807) is 7.11 Å². The molecule has 1 saturated carbocycles. The maximum absolute atomic E-state index is 6.53. The molecule has 0 heterocycles. The third-order valence-corrected chi connectivity index (χ3v) is 6.86. The van der Waals surface area contributed by atoms with Gasteiger partial charge >= 0.3 is 0 Å². The summed E-state index contributed by atoms with van der Waals surface area (Å²) in [6.07, 6.45) is 14.5. The Morgan fingerprint density at radius 2 is 2.00 bits per heavy atom. The number of ether oxygens (including phenoxy) is 2. The Bertz CT molecular complexity index is 716. The zero-order chi connectivity index (χ0) is 19.7. The van der Waals surface area contributed by atoms with Crippen LogP contribution >= 0.6 is 15.9 Å². The highest BCUT2D eigenvalue weighted by Crippen LogP contribution is 2.52. The van der Waals surface area contributed by atoms with Crippen LogP contribution in [0.25, 0.3) is 6.08 Å². The lowest BCUT2D eigenvalue weighted by atomic mass is 9.57. The van der Waals surface area contributed by atoms with Crippen molar-refractivity contribution in [2.75, 3.05) is 7.11 Å². The van der Waals surface area contributed by atoms with Crippen molar-refractivity contribution in [3.63, 3.8) is 0 Å². The smallest absolute Gasteiger partial charge is 0.119 e. The Balaban J connectivity index is 1.83. The third kappa shape index (κ3) is 4.68. The van der Waals surface area contributed by atoms with Crippen molar-refractivity contribution in [3.8, 4) is 5.75 Å². The van der Waals surface area contributed by atoms with Crippen molar-refractivity contribution >= 4 is 22.0 Å². The molecule has 4 atom stereocenters. The summed E-state index contributed by atoms with van der Waals surface area (Å²) in [6, 6.07) is 6.11. The van der Waals surface area contributed by atoms with E-state index in [2.05, 4.69) is 74.0 Å². The first kappa shape index (κ1) is 20.7. The number of hydrogen-bond donors (Lipinski definition) is 0. The van der Waals surface area contributed by atoms with Crippen LogP contribution in [-0.2, 0) is 4.74 Å². The Morgan fingerprint density at radius 1 is 1.22 bits per heavy atom. The van der Waals surface area contributed by atoms with Gasteiger partial charge in [0.1, 0.15) is 5.75 Å². The summed E-state index contributed by atoms with van der Waals surface area (Å²) in [6.45, 7) is 8.97. The molecular formula is C24H33BrO2. The molecule has 0 saturated heterocycles. The van der Waals surface area contributed by atoms with E-state index in [0.29, 0.717) is 17.9 Å². The van der Waals surface area contributed by atoms with E-state index in [9.17, 15) is 0 Å². The van der Waals surface area contributed by atoms with E-state index in [4.69, 9.17) is 9.47 Å². The quantitative estimate of drug-likeness (QED) is 0.474. The average molecular weight is 433 g/mol. The predicted octanol–water partition coefficient (Wildman–Crippen LogP) is 7.04. The van der Waals surface area contributed by atoms with Crippen molar-refractivity contribution in [1.29, 1.82) is 0 Å². The normalized spacial score (nSPS) is 31.1. The highest BCUT2D eigenvalue weighted by atomic mass is 79.9.